The van der Waals surface area contributed by atoms with E-state index in [-0.39, 0.29) is 0 Å². The van der Waals surface area contributed by atoms with Gasteiger partial charge in [-0.25, -0.2) is 9.50 Å². The highest BCUT2D eigenvalue weighted by Gasteiger charge is 2.23. The maximum absolute atomic E-state index is 11.3. The molecular formula is C27H29N3O3. The van der Waals surface area contributed by atoms with Crippen LogP contribution in [0.1, 0.15) is 59.8 Å². The zero-order chi connectivity index (χ0) is 23.0. The van der Waals surface area contributed by atoms with Crippen molar-refractivity contribution in [3.05, 3.63) is 83.8 Å². The van der Waals surface area contributed by atoms with Crippen molar-refractivity contribution >= 4 is 11.9 Å². The Morgan fingerprint density at radius 2 is 1.76 bits per heavy atom. The number of hydrogen-bond donors (Lipinski definition) is 1. The molecule has 1 aliphatic rings. The third-order valence-corrected chi connectivity index (χ3v) is 6.07. The van der Waals surface area contributed by atoms with E-state index in [0.717, 1.165) is 60.0 Å². The van der Waals surface area contributed by atoms with Crippen LogP contribution in [-0.2, 0) is 6.61 Å². The van der Waals surface area contributed by atoms with Crippen molar-refractivity contribution in [1.29, 1.82) is 0 Å². The number of carbonyl (C=O) groups excluding carboxylic acids is 1. The second-order valence-electron chi connectivity index (χ2n) is 8.15. The number of hydrogen-bond acceptors (Lipinski definition) is 5. The normalized spacial score (nSPS) is 13.9. The van der Waals surface area contributed by atoms with Crippen LogP contribution in [-0.4, -0.2) is 33.1 Å². The highest BCUT2D eigenvalue weighted by molar-refractivity contribution is 5.75. The summed E-state index contributed by atoms with van der Waals surface area (Å²) in [4.78, 5) is 15.9. The first-order valence-corrected chi connectivity index (χ1v) is 11.4. The minimum Gasteiger partial charge on any atom is -0.489 e. The predicted molar refractivity (Wildman–Crippen MR) is 129 cm³/mol. The van der Waals surface area contributed by atoms with E-state index in [1.807, 2.05) is 41.0 Å². The van der Waals surface area contributed by atoms with Gasteiger partial charge in [-0.15, -0.1) is 0 Å². The standard InChI is InChI=1S/C26H25N3O2.CH4O/c30-17-22-15-25-27-16-24(26(29(25)28-22)21-9-5-2-6-10-21)20-11-13-23(14-12-20)31-18-19-7-3-1-4-8-19;1-2/h1,3-4,7-8,11-17,21H,2,5-6,9-10,18H2;2H,1H3. The quantitative estimate of drug-likeness (QED) is 0.401. The molecule has 0 saturated heterocycles. The van der Waals surface area contributed by atoms with E-state index in [9.17, 15) is 4.79 Å². The Hall–Kier alpha value is -3.51. The molecule has 170 valence electrons. The van der Waals surface area contributed by atoms with E-state index in [4.69, 9.17) is 9.84 Å². The minimum absolute atomic E-state index is 0.419. The summed E-state index contributed by atoms with van der Waals surface area (Å²) in [6.07, 6.45) is 8.73. The molecule has 0 spiro atoms. The van der Waals surface area contributed by atoms with Crippen molar-refractivity contribution in [2.45, 2.75) is 44.6 Å². The molecule has 1 saturated carbocycles. The Morgan fingerprint density at radius 1 is 1.03 bits per heavy atom. The van der Waals surface area contributed by atoms with Gasteiger partial charge in [-0.2, -0.15) is 5.10 Å². The smallest absolute Gasteiger partial charge is 0.170 e. The predicted octanol–water partition coefficient (Wildman–Crippen LogP) is 5.44. The zero-order valence-electron chi connectivity index (χ0n) is 18.9. The van der Waals surface area contributed by atoms with Crippen molar-refractivity contribution in [2.24, 2.45) is 0 Å². The lowest BCUT2D eigenvalue weighted by molar-refractivity contribution is 0.111. The van der Waals surface area contributed by atoms with Gasteiger partial charge in [0.2, 0.25) is 0 Å². The summed E-state index contributed by atoms with van der Waals surface area (Å²) >= 11 is 0. The average Bonchev–Trinajstić information content (AvgIpc) is 3.33. The average molecular weight is 444 g/mol. The Balaban J connectivity index is 0.00000126. The fourth-order valence-corrected chi connectivity index (χ4v) is 4.49. The lowest BCUT2D eigenvalue weighted by Gasteiger charge is -2.25. The molecule has 1 aliphatic carbocycles. The molecular weight excluding hydrogens is 414 g/mol. The highest BCUT2D eigenvalue weighted by Crippen LogP contribution is 2.38. The SMILES string of the molecule is CO.O=Cc1cc2ncc(-c3ccc(OCc4ccccc4)cc3)c(C3CCCCC3)n2n1. The molecule has 0 atom stereocenters. The van der Waals surface area contributed by atoms with E-state index < -0.39 is 0 Å². The first-order chi connectivity index (χ1) is 16.3. The molecule has 33 heavy (non-hydrogen) atoms. The maximum atomic E-state index is 11.3. The van der Waals surface area contributed by atoms with Gasteiger partial charge >= 0.3 is 0 Å². The number of fused-ring (bicyclic) bond motifs is 1. The first-order valence-electron chi connectivity index (χ1n) is 11.4. The van der Waals surface area contributed by atoms with Gasteiger partial charge in [0.15, 0.2) is 11.9 Å². The monoisotopic (exact) mass is 443 g/mol. The van der Waals surface area contributed by atoms with Gasteiger partial charge in [-0.3, -0.25) is 4.79 Å². The second kappa shape index (κ2) is 10.9. The molecule has 0 amide bonds. The molecule has 2 aromatic heterocycles. The number of aliphatic hydroxyl groups excluding tert-OH is 1. The van der Waals surface area contributed by atoms with Crippen molar-refractivity contribution in [2.75, 3.05) is 7.11 Å². The van der Waals surface area contributed by atoms with Crippen LogP contribution in [0, 0.1) is 0 Å². The van der Waals surface area contributed by atoms with Crippen LogP contribution >= 0.6 is 0 Å². The molecule has 0 bridgehead atoms. The summed E-state index contributed by atoms with van der Waals surface area (Å²) in [7, 11) is 1.00. The number of carbonyl (C=O) groups is 1. The summed E-state index contributed by atoms with van der Waals surface area (Å²) in [5.41, 5.74) is 5.63. The molecule has 5 rings (SSSR count). The van der Waals surface area contributed by atoms with Crippen molar-refractivity contribution < 1.29 is 14.6 Å². The van der Waals surface area contributed by atoms with Crippen LogP contribution in [0.5, 0.6) is 5.75 Å². The first kappa shape index (κ1) is 22.7. The minimum atomic E-state index is 0.419. The van der Waals surface area contributed by atoms with E-state index in [1.165, 1.54) is 19.3 Å². The molecule has 6 nitrogen and oxygen atoms in total. The number of aromatic nitrogens is 3. The van der Waals surface area contributed by atoms with Crippen LogP contribution in [0.25, 0.3) is 16.8 Å². The molecule has 2 aromatic carbocycles. The largest absolute Gasteiger partial charge is 0.489 e. The highest BCUT2D eigenvalue weighted by atomic mass is 16.5. The van der Waals surface area contributed by atoms with Crippen LogP contribution in [0.4, 0.5) is 0 Å². The van der Waals surface area contributed by atoms with Gasteiger partial charge in [-0.05, 0) is 36.1 Å². The van der Waals surface area contributed by atoms with Gasteiger partial charge in [-0.1, -0.05) is 61.7 Å². The summed E-state index contributed by atoms with van der Waals surface area (Å²) in [6, 6.07) is 20.1. The maximum Gasteiger partial charge on any atom is 0.170 e. The molecule has 2 heterocycles. The third kappa shape index (κ3) is 5.12. The van der Waals surface area contributed by atoms with Crippen molar-refractivity contribution in [3.8, 4) is 16.9 Å². The van der Waals surface area contributed by atoms with Crippen LogP contribution in [0.2, 0.25) is 0 Å². The molecule has 0 unspecified atom stereocenters. The number of benzene rings is 2. The zero-order valence-corrected chi connectivity index (χ0v) is 18.9. The van der Waals surface area contributed by atoms with Gasteiger partial charge in [0.1, 0.15) is 18.1 Å². The molecule has 6 heteroatoms. The van der Waals surface area contributed by atoms with Gasteiger partial charge in [0.25, 0.3) is 0 Å². The lowest BCUT2D eigenvalue weighted by Crippen LogP contribution is -2.12. The van der Waals surface area contributed by atoms with Crippen molar-refractivity contribution in [1.82, 2.24) is 14.6 Å². The second-order valence-corrected chi connectivity index (χ2v) is 8.15. The lowest BCUT2D eigenvalue weighted by atomic mass is 9.84. The van der Waals surface area contributed by atoms with E-state index >= 15 is 0 Å². The Labute approximate surface area is 193 Å². The number of aliphatic hydroxyl groups is 1. The Morgan fingerprint density at radius 3 is 2.45 bits per heavy atom. The third-order valence-electron chi connectivity index (χ3n) is 6.07. The fourth-order valence-electron chi connectivity index (χ4n) is 4.49. The summed E-state index contributed by atoms with van der Waals surface area (Å²) in [5, 5.41) is 11.5. The number of nitrogens with zero attached hydrogens (tertiary/aromatic N) is 3. The molecule has 4 aromatic rings. The Kier molecular flexibility index (Phi) is 7.47. The van der Waals surface area contributed by atoms with Crippen LogP contribution in [0.15, 0.2) is 66.9 Å². The van der Waals surface area contributed by atoms with Crippen molar-refractivity contribution in [3.63, 3.8) is 0 Å². The van der Waals surface area contributed by atoms with E-state index in [1.54, 1.807) is 6.07 Å². The summed E-state index contributed by atoms with van der Waals surface area (Å²) in [5.74, 6) is 1.26. The molecule has 1 fully saturated rings. The van der Waals surface area contributed by atoms with E-state index in [0.29, 0.717) is 18.2 Å². The van der Waals surface area contributed by atoms with Gasteiger partial charge in [0.05, 0.1) is 5.69 Å². The van der Waals surface area contributed by atoms with Crippen LogP contribution in [0.3, 0.4) is 0 Å². The fraction of sp³-hybridized carbons (Fsp3) is 0.296. The van der Waals surface area contributed by atoms with E-state index in [2.05, 4.69) is 34.3 Å². The Bertz CT molecular complexity index is 1180. The molecule has 0 radical (unpaired) electrons. The number of aldehydes is 1. The summed E-state index contributed by atoms with van der Waals surface area (Å²) < 4.78 is 7.83. The van der Waals surface area contributed by atoms with Gasteiger partial charge in [0, 0.05) is 30.9 Å². The topological polar surface area (TPSA) is 76.7 Å². The van der Waals surface area contributed by atoms with Gasteiger partial charge < -0.3 is 9.84 Å². The van der Waals surface area contributed by atoms with Crippen LogP contribution < -0.4 is 4.74 Å². The number of ether oxygens (including phenoxy) is 1. The molecule has 0 aliphatic heterocycles. The molecule has 1 N–H and O–H groups in total. The summed E-state index contributed by atoms with van der Waals surface area (Å²) in [6.45, 7) is 0.544. The number of rotatable bonds is 6.